The fourth-order valence-corrected chi connectivity index (χ4v) is 2.81. The highest BCUT2D eigenvalue weighted by Crippen LogP contribution is 2.22. The van der Waals surface area contributed by atoms with Crippen LogP contribution in [0.25, 0.3) is 10.9 Å². The Hall–Kier alpha value is -1.65. The van der Waals surface area contributed by atoms with E-state index in [0.29, 0.717) is 0 Å². The van der Waals surface area contributed by atoms with E-state index in [2.05, 4.69) is 68.4 Å². The summed E-state index contributed by atoms with van der Waals surface area (Å²) in [6.07, 6.45) is 0. The number of benzene rings is 2. The predicted molar refractivity (Wildman–Crippen MR) is 85.7 cm³/mol. The topological polar surface area (TPSA) is 29.9 Å². The van der Waals surface area contributed by atoms with E-state index in [9.17, 15) is 0 Å². The van der Waals surface area contributed by atoms with Crippen LogP contribution < -0.4 is 5.32 Å². The number of fused-ring (bicyclic) bond motifs is 1. The predicted octanol–water partition coefficient (Wildman–Crippen LogP) is 3.57. The number of para-hydroxylation sites is 1. The maximum Gasteiger partial charge on any atom is 0.0841 e. The summed E-state index contributed by atoms with van der Waals surface area (Å²) in [5.74, 6) is 0. The lowest BCUT2D eigenvalue weighted by molar-refractivity contribution is 0.675. The molecule has 0 aliphatic carbocycles. The third kappa shape index (κ3) is 2.49. The van der Waals surface area contributed by atoms with Crippen molar-refractivity contribution in [1.82, 2.24) is 15.1 Å². The summed E-state index contributed by atoms with van der Waals surface area (Å²) in [5, 5.41) is 9.14. The van der Waals surface area contributed by atoms with Crippen LogP contribution in [0.15, 0.2) is 53.0 Å². The lowest BCUT2D eigenvalue weighted by atomic mass is 10.2. The number of halogens is 1. The third-order valence-corrected chi connectivity index (χ3v) is 4.13. The van der Waals surface area contributed by atoms with Crippen LogP contribution in [0, 0.1) is 0 Å². The first kappa shape index (κ1) is 13.3. The number of nitrogens with zero attached hydrogens (tertiary/aromatic N) is 2. The van der Waals surface area contributed by atoms with Gasteiger partial charge in [0.15, 0.2) is 0 Å². The molecule has 3 rings (SSSR count). The second kappa shape index (κ2) is 5.77. The molecule has 0 radical (unpaired) electrons. The summed E-state index contributed by atoms with van der Waals surface area (Å²) < 4.78 is 3.19. The number of nitrogens with one attached hydrogen (secondary N) is 1. The van der Waals surface area contributed by atoms with Gasteiger partial charge in [0.25, 0.3) is 0 Å². The second-order valence-corrected chi connectivity index (χ2v) is 5.60. The van der Waals surface area contributed by atoms with E-state index in [-0.39, 0.29) is 0 Å². The third-order valence-electron chi connectivity index (χ3n) is 3.36. The Bertz CT molecular complexity index is 733. The Balaban J connectivity index is 2.05. The van der Waals surface area contributed by atoms with Gasteiger partial charge in [-0.3, -0.25) is 4.68 Å². The Morgan fingerprint density at radius 2 is 1.85 bits per heavy atom. The molecule has 0 saturated carbocycles. The molecule has 0 bridgehead atoms. The monoisotopic (exact) mass is 329 g/mol. The molecule has 0 amide bonds. The van der Waals surface area contributed by atoms with Crippen LogP contribution in [0.1, 0.15) is 11.3 Å². The molecule has 3 nitrogen and oxygen atoms in total. The van der Waals surface area contributed by atoms with E-state index in [1.54, 1.807) is 0 Å². The molecular formula is C16H16BrN3. The van der Waals surface area contributed by atoms with Crippen molar-refractivity contribution in [2.24, 2.45) is 0 Å². The smallest absolute Gasteiger partial charge is 0.0841 e. The van der Waals surface area contributed by atoms with Gasteiger partial charge in [0.1, 0.15) is 0 Å². The molecule has 0 spiro atoms. The van der Waals surface area contributed by atoms with Gasteiger partial charge in [0.2, 0.25) is 0 Å². The quantitative estimate of drug-likeness (QED) is 0.793. The molecule has 2 aromatic carbocycles. The minimum Gasteiger partial charge on any atom is -0.314 e. The highest BCUT2D eigenvalue weighted by Gasteiger charge is 2.10. The van der Waals surface area contributed by atoms with Crippen molar-refractivity contribution in [2.75, 3.05) is 7.05 Å². The number of hydrogen-bond donors (Lipinski definition) is 1. The van der Waals surface area contributed by atoms with E-state index < -0.39 is 0 Å². The summed E-state index contributed by atoms with van der Waals surface area (Å²) in [6.45, 7) is 1.55. The molecule has 20 heavy (non-hydrogen) atoms. The van der Waals surface area contributed by atoms with Gasteiger partial charge in [0, 0.05) is 16.4 Å². The van der Waals surface area contributed by atoms with E-state index >= 15 is 0 Å². The van der Waals surface area contributed by atoms with Crippen molar-refractivity contribution in [2.45, 2.75) is 13.1 Å². The zero-order valence-electron chi connectivity index (χ0n) is 11.3. The first-order chi connectivity index (χ1) is 9.79. The minimum absolute atomic E-state index is 0.769. The highest BCUT2D eigenvalue weighted by atomic mass is 79.9. The first-order valence-electron chi connectivity index (χ1n) is 6.62. The molecule has 102 valence electrons. The van der Waals surface area contributed by atoms with Crippen molar-refractivity contribution < 1.29 is 0 Å². The fraction of sp³-hybridized carbons (Fsp3) is 0.188. The number of hydrogen-bond acceptors (Lipinski definition) is 2. The van der Waals surface area contributed by atoms with Crippen molar-refractivity contribution in [3.8, 4) is 0 Å². The van der Waals surface area contributed by atoms with Crippen LogP contribution in [0.4, 0.5) is 0 Å². The number of aromatic nitrogens is 2. The Kier molecular flexibility index (Phi) is 3.85. The lowest BCUT2D eigenvalue weighted by Gasteiger charge is -2.06. The molecule has 1 N–H and O–H groups in total. The van der Waals surface area contributed by atoms with Crippen molar-refractivity contribution in [3.05, 3.63) is 64.3 Å². The summed E-state index contributed by atoms with van der Waals surface area (Å²) in [5.41, 5.74) is 3.50. The van der Waals surface area contributed by atoms with E-state index in [1.807, 2.05) is 13.1 Å². The molecule has 0 atom stereocenters. The fourth-order valence-electron chi connectivity index (χ4n) is 2.40. The van der Waals surface area contributed by atoms with E-state index in [1.165, 1.54) is 16.5 Å². The standard InChI is InChI=1S/C16H16BrN3/c1-18-10-15-13-7-3-5-9-16(13)20(19-15)11-12-6-2-4-8-14(12)17/h2-9,18H,10-11H2,1H3. The molecule has 0 fully saturated rings. The van der Waals surface area contributed by atoms with Gasteiger partial charge < -0.3 is 5.32 Å². The van der Waals surface area contributed by atoms with Gasteiger partial charge in [-0.15, -0.1) is 0 Å². The Morgan fingerprint density at radius 3 is 2.65 bits per heavy atom. The molecule has 0 saturated heterocycles. The SMILES string of the molecule is CNCc1nn(Cc2ccccc2Br)c2ccccc12. The normalized spacial score (nSPS) is 11.1. The molecule has 4 heteroatoms. The summed E-state index contributed by atoms with van der Waals surface area (Å²) >= 11 is 3.60. The molecule has 0 unspecified atom stereocenters. The van der Waals surface area contributed by atoms with Crippen LogP contribution in [0.3, 0.4) is 0 Å². The average molecular weight is 330 g/mol. The maximum atomic E-state index is 4.75. The second-order valence-electron chi connectivity index (χ2n) is 4.74. The summed E-state index contributed by atoms with van der Waals surface area (Å²) in [7, 11) is 1.95. The summed E-state index contributed by atoms with van der Waals surface area (Å²) in [6, 6.07) is 16.6. The molecular weight excluding hydrogens is 314 g/mol. The Labute approximate surface area is 126 Å². The van der Waals surface area contributed by atoms with Gasteiger partial charge in [-0.05, 0) is 24.7 Å². The van der Waals surface area contributed by atoms with Gasteiger partial charge in [-0.25, -0.2) is 0 Å². The lowest BCUT2D eigenvalue weighted by Crippen LogP contribution is -2.08. The average Bonchev–Trinajstić information content (AvgIpc) is 2.81. The molecule has 0 aliphatic rings. The summed E-state index contributed by atoms with van der Waals surface area (Å²) in [4.78, 5) is 0. The van der Waals surface area contributed by atoms with E-state index in [4.69, 9.17) is 5.10 Å². The maximum absolute atomic E-state index is 4.75. The highest BCUT2D eigenvalue weighted by molar-refractivity contribution is 9.10. The van der Waals surface area contributed by atoms with Crippen molar-refractivity contribution in [3.63, 3.8) is 0 Å². The molecule has 1 heterocycles. The largest absolute Gasteiger partial charge is 0.314 e. The van der Waals surface area contributed by atoms with E-state index in [0.717, 1.165) is 23.3 Å². The van der Waals surface area contributed by atoms with Gasteiger partial charge in [0.05, 0.1) is 17.8 Å². The van der Waals surface area contributed by atoms with Crippen molar-refractivity contribution >= 4 is 26.8 Å². The zero-order chi connectivity index (χ0) is 13.9. The van der Waals surface area contributed by atoms with Crippen LogP contribution in [-0.4, -0.2) is 16.8 Å². The minimum atomic E-state index is 0.769. The van der Waals surface area contributed by atoms with Gasteiger partial charge >= 0.3 is 0 Å². The molecule has 1 aromatic heterocycles. The first-order valence-corrected chi connectivity index (χ1v) is 7.41. The Morgan fingerprint density at radius 1 is 1.10 bits per heavy atom. The molecule has 0 aliphatic heterocycles. The van der Waals surface area contributed by atoms with Gasteiger partial charge in [-0.2, -0.15) is 5.10 Å². The zero-order valence-corrected chi connectivity index (χ0v) is 12.9. The van der Waals surface area contributed by atoms with Crippen LogP contribution in [0.5, 0.6) is 0 Å². The molecule has 3 aromatic rings. The van der Waals surface area contributed by atoms with Crippen LogP contribution >= 0.6 is 15.9 Å². The van der Waals surface area contributed by atoms with Crippen molar-refractivity contribution in [1.29, 1.82) is 0 Å². The van der Waals surface area contributed by atoms with Crippen LogP contribution in [0.2, 0.25) is 0 Å². The van der Waals surface area contributed by atoms with Gasteiger partial charge in [-0.1, -0.05) is 52.3 Å². The number of rotatable bonds is 4. The van der Waals surface area contributed by atoms with Crippen LogP contribution in [-0.2, 0) is 13.1 Å².